The van der Waals surface area contributed by atoms with E-state index in [0.717, 1.165) is 6.07 Å². The summed E-state index contributed by atoms with van der Waals surface area (Å²) in [4.78, 5) is 24.1. The van der Waals surface area contributed by atoms with Gasteiger partial charge in [0.15, 0.2) is 0 Å². The van der Waals surface area contributed by atoms with Gasteiger partial charge in [-0.2, -0.15) is 5.10 Å². The maximum absolute atomic E-state index is 14.3. The number of carbonyl (C=O) groups excluding carboxylic acids is 1. The molecule has 0 atom stereocenters. The number of hydrogen-bond acceptors (Lipinski definition) is 6. The van der Waals surface area contributed by atoms with Gasteiger partial charge in [-0.15, -0.1) is 0 Å². The fourth-order valence-electron chi connectivity index (χ4n) is 2.65. The Kier molecular flexibility index (Phi) is 5.72. The highest BCUT2D eigenvalue weighted by atomic mass is 19.1. The van der Waals surface area contributed by atoms with Crippen LogP contribution in [0.3, 0.4) is 0 Å². The number of nitrogens with one attached hydrogen (secondary N) is 1. The Labute approximate surface area is 154 Å². The number of non-ortho nitro benzene ring substituents is 1. The summed E-state index contributed by atoms with van der Waals surface area (Å²) in [6.45, 7) is 2.38. The number of benzene rings is 2. The van der Waals surface area contributed by atoms with Gasteiger partial charge in [-0.05, 0) is 23.8 Å². The molecule has 1 saturated heterocycles. The van der Waals surface area contributed by atoms with E-state index in [1.165, 1.54) is 30.5 Å². The second-order valence-electron chi connectivity index (χ2n) is 5.82. The molecule has 0 spiro atoms. The van der Waals surface area contributed by atoms with Gasteiger partial charge in [-0.25, -0.2) is 9.82 Å². The van der Waals surface area contributed by atoms with Crippen molar-refractivity contribution in [1.82, 2.24) is 5.43 Å². The maximum Gasteiger partial charge on any atom is 0.271 e. The molecule has 1 aliphatic heterocycles. The fourth-order valence-corrected chi connectivity index (χ4v) is 2.65. The largest absolute Gasteiger partial charge is 0.378 e. The molecule has 27 heavy (non-hydrogen) atoms. The van der Waals surface area contributed by atoms with Crippen LogP contribution in [-0.4, -0.2) is 43.3 Å². The van der Waals surface area contributed by atoms with Gasteiger partial charge in [0.05, 0.1) is 30.0 Å². The molecule has 0 saturated carbocycles. The average molecular weight is 372 g/mol. The zero-order chi connectivity index (χ0) is 19.2. The van der Waals surface area contributed by atoms with Gasteiger partial charge in [-0.1, -0.05) is 12.1 Å². The Morgan fingerprint density at radius 1 is 1.26 bits per heavy atom. The first-order chi connectivity index (χ1) is 13.0. The standard InChI is InChI=1S/C18H17FN4O4/c19-16-10-13(4-5-17(16)22-6-8-27-9-7-22)12-20-21-18(24)14-2-1-3-15(11-14)23(25)26/h1-5,10-12H,6-9H2,(H,21,24)/b20-12-. The molecule has 1 aliphatic rings. The number of nitro benzene ring substituents is 1. The van der Waals surface area contributed by atoms with Gasteiger partial charge in [0.2, 0.25) is 0 Å². The Bertz CT molecular complexity index is 881. The number of morpholine rings is 1. The van der Waals surface area contributed by atoms with E-state index in [2.05, 4.69) is 10.5 Å². The van der Waals surface area contributed by atoms with Crippen LogP contribution in [0.1, 0.15) is 15.9 Å². The van der Waals surface area contributed by atoms with E-state index in [1.807, 2.05) is 4.90 Å². The van der Waals surface area contributed by atoms with Crippen LogP contribution >= 0.6 is 0 Å². The Balaban J connectivity index is 1.64. The van der Waals surface area contributed by atoms with E-state index >= 15 is 0 Å². The lowest BCUT2D eigenvalue weighted by molar-refractivity contribution is -0.384. The second-order valence-corrected chi connectivity index (χ2v) is 5.82. The number of nitro groups is 1. The molecule has 1 N–H and O–H groups in total. The number of halogens is 1. The summed E-state index contributed by atoms with van der Waals surface area (Å²) in [5, 5.41) is 14.5. The molecule has 0 aliphatic carbocycles. The normalized spacial score (nSPS) is 14.3. The maximum atomic E-state index is 14.3. The van der Waals surface area contributed by atoms with Gasteiger partial charge >= 0.3 is 0 Å². The summed E-state index contributed by atoms with van der Waals surface area (Å²) in [5.74, 6) is -0.980. The lowest BCUT2D eigenvalue weighted by Gasteiger charge is -2.29. The van der Waals surface area contributed by atoms with E-state index in [0.29, 0.717) is 37.6 Å². The number of hydrogen-bond donors (Lipinski definition) is 1. The minimum absolute atomic E-state index is 0.107. The summed E-state index contributed by atoms with van der Waals surface area (Å²) < 4.78 is 19.6. The van der Waals surface area contributed by atoms with Crippen molar-refractivity contribution >= 4 is 23.5 Å². The average Bonchev–Trinajstić information content (AvgIpc) is 2.69. The number of ether oxygens (including phenoxy) is 1. The number of carbonyl (C=O) groups is 1. The molecule has 2 aromatic rings. The van der Waals surface area contributed by atoms with Crippen molar-refractivity contribution in [2.45, 2.75) is 0 Å². The smallest absolute Gasteiger partial charge is 0.271 e. The molecule has 9 heteroatoms. The van der Waals surface area contributed by atoms with E-state index in [1.54, 1.807) is 12.1 Å². The first-order valence-electron chi connectivity index (χ1n) is 8.25. The van der Waals surface area contributed by atoms with Gasteiger partial charge < -0.3 is 9.64 Å². The highest BCUT2D eigenvalue weighted by Gasteiger charge is 2.15. The van der Waals surface area contributed by atoms with Crippen LogP contribution in [0.2, 0.25) is 0 Å². The van der Waals surface area contributed by atoms with Crippen LogP contribution in [0.15, 0.2) is 47.6 Å². The Hall–Kier alpha value is -3.33. The lowest BCUT2D eigenvalue weighted by atomic mass is 10.2. The van der Waals surface area contributed by atoms with Crippen LogP contribution in [0.4, 0.5) is 15.8 Å². The predicted octanol–water partition coefficient (Wildman–Crippen LogP) is 2.33. The summed E-state index contributed by atoms with van der Waals surface area (Å²) in [6.07, 6.45) is 1.31. The zero-order valence-corrected chi connectivity index (χ0v) is 14.3. The van der Waals surface area contributed by atoms with Crippen LogP contribution in [0.5, 0.6) is 0 Å². The summed E-state index contributed by atoms with van der Waals surface area (Å²) in [6, 6.07) is 9.97. The van der Waals surface area contributed by atoms with E-state index in [9.17, 15) is 19.3 Å². The SMILES string of the molecule is O=C(N/N=C\c1ccc(N2CCOCC2)c(F)c1)c1cccc([N+](=O)[O-])c1. The zero-order valence-electron chi connectivity index (χ0n) is 14.3. The Morgan fingerprint density at radius 3 is 2.74 bits per heavy atom. The summed E-state index contributed by atoms with van der Waals surface area (Å²) >= 11 is 0. The molecule has 2 aromatic carbocycles. The van der Waals surface area contributed by atoms with Gasteiger partial charge in [0.1, 0.15) is 5.82 Å². The number of rotatable bonds is 5. The molecule has 1 heterocycles. The minimum atomic E-state index is -0.597. The van der Waals surface area contributed by atoms with Crippen molar-refractivity contribution in [2.24, 2.45) is 5.10 Å². The first-order valence-corrected chi connectivity index (χ1v) is 8.25. The van der Waals surface area contributed by atoms with Gasteiger partial charge in [0, 0.05) is 30.8 Å². The summed E-state index contributed by atoms with van der Waals surface area (Å²) in [7, 11) is 0. The van der Waals surface area contributed by atoms with Crippen molar-refractivity contribution in [3.63, 3.8) is 0 Å². The third-order valence-corrected chi connectivity index (χ3v) is 4.02. The quantitative estimate of drug-likeness (QED) is 0.494. The molecule has 140 valence electrons. The van der Waals surface area contributed by atoms with Gasteiger partial charge in [-0.3, -0.25) is 14.9 Å². The molecule has 0 bridgehead atoms. The van der Waals surface area contributed by atoms with Crippen molar-refractivity contribution in [3.05, 3.63) is 69.5 Å². The third kappa shape index (κ3) is 4.64. The number of nitrogens with zero attached hydrogens (tertiary/aromatic N) is 3. The van der Waals surface area contributed by atoms with Crippen molar-refractivity contribution in [2.75, 3.05) is 31.2 Å². The van der Waals surface area contributed by atoms with E-state index < -0.39 is 10.8 Å². The van der Waals surface area contributed by atoms with Crippen LogP contribution < -0.4 is 10.3 Å². The Morgan fingerprint density at radius 2 is 2.04 bits per heavy atom. The highest BCUT2D eigenvalue weighted by molar-refractivity contribution is 5.95. The van der Waals surface area contributed by atoms with E-state index in [-0.39, 0.29) is 17.1 Å². The lowest BCUT2D eigenvalue weighted by Crippen LogP contribution is -2.36. The topological polar surface area (TPSA) is 97.1 Å². The van der Waals surface area contributed by atoms with Crippen LogP contribution in [-0.2, 0) is 4.74 Å². The van der Waals surface area contributed by atoms with E-state index in [4.69, 9.17) is 4.74 Å². The number of anilines is 1. The number of hydrazone groups is 1. The fraction of sp³-hybridized carbons (Fsp3) is 0.222. The molecule has 3 rings (SSSR count). The third-order valence-electron chi connectivity index (χ3n) is 4.02. The highest BCUT2D eigenvalue weighted by Crippen LogP contribution is 2.21. The molecule has 0 aromatic heterocycles. The molecule has 1 fully saturated rings. The van der Waals surface area contributed by atoms with Crippen LogP contribution in [0.25, 0.3) is 0 Å². The molecule has 0 unspecified atom stereocenters. The first kappa shape index (κ1) is 18.5. The number of amides is 1. The second kappa shape index (κ2) is 8.37. The molecular formula is C18H17FN4O4. The molecule has 1 amide bonds. The molecule has 0 radical (unpaired) electrons. The predicted molar refractivity (Wildman–Crippen MR) is 97.6 cm³/mol. The minimum Gasteiger partial charge on any atom is -0.378 e. The van der Waals surface area contributed by atoms with Crippen molar-refractivity contribution in [1.29, 1.82) is 0 Å². The van der Waals surface area contributed by atoms with Crippen molar-refractivity contribution < 1.29 is 18.8 Å². The van der Waals surface area contributed by atoms with Gasteiger partial charge in [0.25, 0.3) is 11.6 Å². The molecular weight excluding hydrogens is 355 g/mol. The summed E-state index contributed by atoms with van der Waals surface area (Å²) in [5.41, 5.74) is 3.16. The molecule has 8 nitrogen and oxygen atoms in total. The monoisotopic (exact) mass is 372 g/mol. The van der Waals surface area contributed by atoms with Crippen molar-refractivity contribution in [3.8, 4) is 0 Å². The van der Waals surface area contributed by atoms with Crippen LogP contribution in [0, 0.1) is 15.9 Å².